The van der Waals surface area contributed by atoms with Crippen LogP contribution in [0.4, 0.5) is 14.9 Å². The van der Waals surface area contributed by atoms with Crippen LogP contribution in [0, 0.1) is 30.0 Å². The molecule has 1 aliphatic heterocycles. The Morgan fingerprint density at radius 3 is 2.68 bits per heavy atom. The fourth-order valence-electron chi connectivity index (χ4n) is 4.85. The van der Waals surface area contributed by atoms with E-state index in [-0.39, 0.29) is 23.8 Å². The van der Waals surface area contributed by atoms with E-state index in [0.29, 0.717) is 36.3 Å². The summed E-state index contributed by atoms with van der Waals surface area (Å²) in [5.74, 6) is -0.624. The number of benzene rings is 1. The summed E-state index contributed by atoms with van der Waals surface area (Å²) < 4.78 is 22.2. The first-order valence-corrected chi connectivity index (χ1v) is 11.6. The third-order valence-corrected chi connectivity index (χ3v) is 6.42. The van der Waals surface area contributed by atoms with Gasteiger partial charge in [0, 0.05) is 30.7 Å². The largest absolute Gasteiger partial charge is 0.444 e. The van der Waals surface area contributed by atoms with Gasteiger partial charge in [0.1, 0.15) is 11.4 Å². The first-order valence-electron chi connectivity index (χ1n) is 11.6. The molecule has 1 aliphatic carbocycles. The third kappa shape index (κ3) is 4.65. The molecule has 0 spiro atoms. The van der Waals surface area contributed by atoms with Gasteiger partial charge in [-0.15, -0.1) is 0 Å². The van der Waals surface area contributed by atoms with Crippen LogP contribution in [0.3, 0.4) is 0 Å². The summed E-state index contributed by atoms with van der Waals surface area (Å²) in [6, 6.07) is 2.88. The van der Waals surface area contributed by atoms with Gasteiger partial charge in [0.05, 0.1) is 29.1 Å². The van der Waals surface area contributed by atoms with Crippen molar-refractivity contribution in [3.63, 3.8) is 0 Å². The molecule has 10 heteroatoms. The van der Waals surface area contributed by atoms with Gasteiger partial charge in [0.25, 0.3) is 5.56 Å². The molecule has 2 atom stereocenters. The molecule has 2 unspecified atom stereocenters. The van der Waals surface area contributed by atoms with Crippen molar-refractivity contribution >= 4 is 22.7 Å². The van der Waals surface area contributed by atoms with Gasteiger partial charge in [0.2, 0.25) is 0 Å². The molecule has 34 heavy (non-hydrogen) atoms. The number of amides is 1. The molecular weight excluding hydrogens is 441 g/mol. The molecule has 2 heterocycles. The number of hydrogen-bond acceptors (Lipinski definition) is 6. The molecule has 1 aromatic heterocycles. The van der Waals surface area contributed by atoms with Gasteiger partial charge in [-0.1, -0.05) is 0 Å². The number of aromatic nitrogens is 2. The quantitative estimate of drug-likeness (QED) is 0.691. The predicted octanol–water partition coefficient (Wildman–Crippen LogP) is 3.11. The van der Waals surface area contributed by atoms with Crippen LogP contribution < -0.4 is 21.5 Å². The normalized spacial score (nSPS) is 19.2. The van der Waals surface area contributed by atoms with Gasteiger partial charge >= 0.3 is 11.8 Å². The maximum Gasteiger partial charge on any atom is 0.407 e. The number of alkyl carbamates (subject to hydrolysis) is 1. The number of aryl methyl sites for hydroxylation is 1. The number of hydrogen-bond donors (Lipinski definition) is 2. The van der Waals surface area contributed by atoms with Crippen LogP contribution in [0.2, 0.25) is 0 Å². The van der Waals surface area contributed by atoms with E-state index < -0.39 is 34.8 Å². The summed E-state index contributed by atoms with van der Waals surface area (Å²) >= 11 is 0. The average Bonchev–Trinajstić information content (AvgIpc) is 3.44. The number of nitrogens with one attached hydrogen (secondary N) is 2. The average molecular weight is 472 g/mol. The zero-order chi connectivity index (χ0) is 24.8. The predicted molar refractivity (Wildman–Crippen MR) is 126 cm³/mol. The second-order valence-electron chi connectivity index (χ2n) is 10.2. The number of fused-ring (bicyclic) bond motifs is 1. The minimum Gasteiger partial charge on any atom is -0.444 e. The second-order valence-corrected chi connectivity index (χ2v) is 10.2. The SMILES string of the molecule is Cc1c(N2CCC(C(CC#N)NC(=O)OC(C)(C)C)C2)c(F)cc2c(=O)[nH]c(=O)n(C3CC3)c12. The minimum absolute atomic E-state index is 0.00762. The molecule has 2 N–H and O–H groups in total. The molecule has 1 saturated heterocycles. The molecule has 9 nitrogen and oxygen atoms in total. The summed E-state index contributed by atoms with van der Waals surface area (Å²) in [4.78, 5) is 41.4. The Hall–Kier alpha value is -3.35. The maximum atomic E-state index is 15.3. The van der Waals surface area contributed by atoms with Gasteiger partial charge in [0.15, 0.2) is 0 Å². The van der Waals surface area contributed by atoms with Gasteiger partial charge < -0.3 is 15.0 Å². The summed E-state index contributed by atoms with van der Waals surface area (Å²) in [7, 11) is 0. The molecule has 1 saturated carbocycles. The van der Waals surface area contributed by atoms with Crippen LogP contribution >= 0.6 is 0 Å². The lowest BCUT2D eigenvalue weighted by molar-refractivity contribution is 0.0490. The van der Waals surface area contributed by atoms with Crippen molar-refractivity contribution in [3.05, 3.63) is 38.3 Å². The highest BCUT2D eigenvalue weighted by Gasteiger charge is 2.35. The standard InChI is InChI=1S/C24H30FN5O4/c1-13-19-16(21(31)28-22(32)30(19)15-5-6-15)11-17(25)20(13)29-10-8-14(12-29)18(7-9-26)27-23(33)34-24(2,3)4/h11,14-15,18H,5-8,10,12H2,1-4H3,(H,27,33)(H,28,31,32). The first kappa shape index (κ1) is 23.8. The number of halogens is 1. The Kier molecular flexibility index (Phi) is 6.14. The Bertz CT molecular complexity index is 1280. The smallest absolute Gasteiger partial charge is 0.407 e. The lowest BCUT2D eigenvalue weighted by Crippen LogP contribution is -2.43. The Morgan fingerprint density at radius 2 is 2.06 bits per heavy atom. The number of rotatable bonds is 5. The second kappa shape index (κ2) is 8.78. The molecule has 2 fully saturated rings. The molecule has 0 bridgehead atoms. The van der Waals surface area contributed by atoms with Crippen LogP contribution in [0.1, 0.15) is 58.1 Å². The van der Waals surface area contributed by atoms with Crippen molar-refractivity contribution in [2.45, 2.75) is 71.1 Å². The number of H-pyrrole nitrogens is 1. The van der Waals surface area contributed by atoms with E-state index in [9.17, 15) is 19.6 Å². The molecule has 2 aliphatic rings. The summed E-state index contributed by atoms with van der Waals surface area (Å²) in [5.41, 5.74) is -0.374. The number of carbonyl (C=O) groups excluding carboxylic acids is 1. The maximum absolute atomic E-state index is 15.3. The molecule has 1 aromatic carbocycles. The van der Waals surface area contributed by atoms with E-state index >= 15 is 4.39 Å². The molecule has 4 rings (SSSR count). The minimum atomic E-state index is -0.663. The number of carbonyl (C=O) groups is 1. The number of ether oxygens (including phenoxy) is 1. The van der Waals surface area contributed by atoms with Crippen LogP contribution in [-0.2, 0) is 4.74 Å². The fraction of sp³-hybridized carbons (Fsp3) is 0.583. The van der Waals surface area contributed by atoms with Gasteiger partial charge in [-0.25, -0.2) is 14.0 Å². The molecule has 1 amide bonds. The molecule has 0 radical (unpaired) electrons. The van der Waals surface area contributed by atoms with E-state index in [2.05, 4.69) is 16.4 Å². The van der Waals surface area contributed by atoms with Gasteiger partial charge in [-0.3, -0.25) is 14.3 Å². The number of nitrogens with zero attached hydrogens (tertiary/aromatic N) is 3. The van der Waals surface area contributed by atoms with E-state index in [1.165, 1.54) is 6.07 Å². The Morgan fingerprint density at radius 1 is 1.35 bits per heavy atom. The van der Waals surface area contributed by atoms with Crippen LogP contribution in [0.25, 0.3) is 10.9 Å². The Balaban J connectivity index is 1.65. The lowest BCUT2D eigenvalue weighted by Gasteiger charge is -2.27. The highest BCUT2D eigenvalue weighted by molar-refractivity contribution is 5.87. The zero-order valence-electron chi connectivity index (χ0n) is 19.9. The molecule has 2 aromatic rings. The van der Waals surface area contributed by atoms with Crippen molar-refractivity contribution < 1.29 is 13.9 Å². The van der Waals surface area contributed by atoms with Crippen LogP contribution in [0.15, 0.2) is 15.7 Å². The van der Waals surface area contributed by atoms with Crippen molar-refractivity contribution in [2.75, 3.05) is 18.0 Å². The van der Waals surface area contributed by atoms with E-state index in [1.807, 2.05) is 4.90 Å². The summed E-state index contributed by atoms with van der Waals surface area (Å²) in [6.07, 6.45) is 1.83. The van der Waals surface area contributed by atoms with Crippen molar-refractivity contribution in [1.29, 1.82) is 5.26 Å². The lowest BCUT2D eigenvalue weighted by atomic mass is 9.96. The first-order chi connectivity index (χ1) is 16.0. The number of nitriles is 1. The number of anilines is 1. The third-order valence-electron chi connectivity index (χ3n) is 6.42. The van der Waals surface area contributed by atoms with E-state index in [4.69, 9.17) is 4.74 Å². The summed E-state index contributed by atoms with van der Waals surface area (Å²) in [5, 5.41) is 12.3. The van der Waals surface area contributed by atoms with Crippen LogP contribution in [-0.4, -0.2) is 40.4 Å². The topological polar surface area (TPSA) is 120 Å². The fourth-order valence-corrected chi connectivity index (χ4v) is 4.85. The van der Waals surface area contributed by atoms with Crippen LogP contribution in [0.5, 0.6) is 0 Å². The van der Waals surface area contributed by atoms with E-state index in [1.54, 1.807) is 32.3 Å². The van der Waals surface area contributed by atoms with Crippen molar-refractivity contribution in [1.82, 2.24) is 14.9 Å². The zero-order valence-corrected chi connectivity index (χ0v) is 19.9. The summed E-state index contributed by atoms with van der Waals surface area (Å²) in [6.45, 7) is 7.96. The van der Waals surface area contributed by atoms with Gasteiger partial charge in [-0.2, -0.15) is 5.26 Å². The highest BCUT2D eigenvalue weighted by Crippen LogP contribution is 2.39. The Labute approximate surface area is 196 Å². The monoisotopic (exact) mass is 471 g/mol. The van der Waals surface area contributed by atoms with Crippen molar-refractivity contribution in [3.8, 4) is 6.07 Å². The van der Waals surface area contributed by atoms with Gasteiger partial charge in [-0.05, 0) is 58.9 Å². The molecule has 182 valence electrons. The van der Waals surface area contributed by atoms with Crippen molar-refractivity contribution in [2.24, 2.45) is 5.92 Å². The number of aromatic amines is 1. The molecular formula is C24H30FN5O4. The highest BCUT2D eigenvalue weighted by atomic mass is 19.1. The van der Waals surface area contributed by atoms with E-state index in [0.717, 1.165) is 12.8 Å².